The van der Waals surface area contributed by atoms with E-state index in [1.807, 2.05) is 66.7 Å². The van der Waals surface area contributed by atoms with Crippen LogP contribution in [0.2, 0.25) is 0 Å². The number of hydrogen-bond acceptors (Lipinski definition) is 4. The standard InChI is InChI=1S/C35H25N3O2/c1-2-24-17-19-25(20-18-24)23-39-29-12-8-10-27(22-29)35-37-36-34(40-35)26-9-7-11-28(21-26)38-32-15-5-3-13-30(32)31-14-4-6-16-33(31)38/h2-22H,1,23H2. The van der Waals surface area contributed by atoms with Gasteiger partial charge in [0.15, 0.2) is 0 Å². The minimum Gasteiger partial charge on any atom is -0.489 e. The first-order chi connectivity index (χ1) is 19.8. The lowest BCUT2D eigenvalue weighted by Crippen LogP contribution is -1.95. The lowest BCUT2D eigenvalue weighted by Gasteiger charge is -2.09. The van der Waals surface area contributed by atoms with Gasteiger partial charge in [-0.05, 0) is 59.7 Å². The second-order valence-corrected chi connectivity index (χ2v) is 9.59. The van der Waals surface area contributed by atoms with Gasteiger partial charge in [0.2, 0.25) is 11.8 Å². The van der Waals surface area contributed by atoms with Gasteiger partial charge in [-0.2, -0.15) is 0 Å². The van der Waals surface area contributed by atoms with Gasteiger partial charge in [0.25, 0.3) is 0 Å². The number of fused-ring (bicyclic) bond motifs is 3. The monoisotopic (exact) mass is 519 g/mol. The SMILES string of the molecule is C=Cc1ccc(COc2cccc(-c3nnc(-c4cccc(-n5c6ccccc6c6ccccc65)c4)o3)c2)cc1. The van der Waals surface area contributed by atoms with Crippen molar-refractivity contribution in [2.45, 2.75) is 6.61 Å². The van der Waals surface area contributed by atoms with Crippen molar-refractivity contribution in [2.75, 3.05) is 0 Å². The summed E-state index contributed by atoms with van der Waals surface area (Å²) < 4.78 is 14.5. The van der Waals surface area contributed by atoms with Crippen LogP contribution in [-0.4, -0.2) is 14.8 Å². The van der Waals surface area contributed by atoms with Crippen LogP contribution in [0.4, 0.5) is 0 Å². The molecule has 5 heteroatoms. The van der Waals surface area contributed by atoms with Gasteiger partial charge in [0.05, 0.1) is 11.0 Å². The summed E-state index contributed by atoms with van der Waals surface area (Å²) in [5.74, 6) is 1.64. The summed E-state index contributed by atoms with van der Waals surface area (Å²) in [5, 5.41) is 11.2. The Kier molecular flexibility index (Phi) is 5.94. The van der Waals surface area contributed by atoms with E-state index in [0.29, 0.717) is 18.4 Å². The first-order valence-electron chi connectivity index (χ1n) is 13.1. The zero-order valence-corrected chi connectivity index (χ0v) is 21.7. The van der Waals surface area contributed by atoms with Crippen LogP contribution in [-0.2, 0) is 6.61 Å². The molecule has 0 radical (unpaired) electrons. The second-order valence-electron chi connectivity index (χ2n) is 9.59. The molecule has 192 valence electrons. The van der Waals surface area contributed by atoms with Gasteiger partial charge >= 0.3 is 0 Å². The summed E-state index contributed by atoms with van der Waals surface area (Å²) in [5.41, 5.74) is 7.16. The second kappa shape index (κ2) is 10.0. The highest BCUT2D eigenvalue weighted by Crippen LogP contribution is 2.33. The van der Waals surface area contributed by atoms with Gasteiger partial charge in [-0.3, -0.25) is 0 Å². The van der Waals surface area contributed by atoms with Crippen molar-refractivity contribution in [3.05, 3.63) is 139 Å². The summed E-state index contributed by atoms with van der Waals surface area (Å²) in [7, 11) is 0. The fraction of sp³-hybridized carbons (Fsp3) is 0.0286. The van der Waals surface area contributed by atoms with E-state index in [-0.39, 0.29) is 0 Å². The Balaban J connectivity index is 1.17. The Bertz CT molecular complexity index is 1930. The molecule has 0 N–H and O–H groups in total. The average molecular weight is 520 g/mol. The van der Waals surface area contributed by atoms with E-state index in [1.54, 1.807) is 0 Å². The molecule has 5 nitrogen and oxygen atoms in total. The molecule has 0 saturated carbocycles. The molecular formula is C35H25N3O2. The van der Waals surface area contributed by atoms with E-state index in [1.165, 1.54) is 10.8 Å². The maximum Gasteiger partial charge on any atom is 0.248 e. The van der Waals surface area contributed by atoms with Crippen LogP contribution < -0.4 is 4.74 Å². The normalized spacial score (nSPS) is 11.2. The Hall–Kier alpha value is -5.42. The van der Waals surface area contributed by atoms with Crippen molar-refractivity contribution in [1.29, 1.82) is 0 Å². The van der Waals surface area contributed by atoms with Crippen molar-refractivity contribution >= 4 is 27.9 Å². The van der Waals surface area contributed by atoms with Gasteiger partial charge in [-0.1, -0.05) is 85.5 Å². The van der Waals surface area contributed by atoms with E-state index in [2.05, 4.69) is 82.0 Å². The number of rotatable bonds is 7. The highest BCUT2D eigenvalue weighted by Gasteiger charge is 2.15. The van der Waals surface area contributed by atoms with Crippen LogP contribution in [0, 0.1) is 0 Å². The molecule has 0 aliphatic heterocycles. The smallest absolute Gasteiger partial charge is 0.248 e. The number of benzene rings is 5. The maximum atomic E-state index is 6.15. The van der Waals surface area contributed by atoms with Crippen LogP contribution in [0.25, 0.3) is 56.5 Å². The Morgan fingerprint density at radius 2 is 1.30 bits per heavy atom. The van der Waals surface area contributed by atoms with Gasteiger partial charge in [-0.25, -0.2) is 0 Å². The molecule has 2 heterocycles. The van der Waals surface area contributed by atoms with Gasteiger partial charge in [0, 0.05) is 27.6 Å². The molecule has 0 spiro atoms. The van der Waals surface area contributed by atoms with Crippen LogP contribution in [0.15, 0.2) is 132 Å². The molecular weight excluding hydrogens is 494 g/mol. The van der Waals surface area contributed by atoms with Crippen molar-refractivity contribution in [1.82, 2.24) is 14.8 Å². The third kappa shape index (κ3) is 4.33. The molecule has 0 unspecified atom stereocenters. The number of ether oxygens (including phenoxy) is 1. The third-order valence-corrected chi connectivity index (χ3v) is 7.06. The minimum atomic E-state index is 0.443. The zero-order chi connectivity index (χ0) is 26.9. The molecule has 7 rings (SSSR count). The number of hydrogen-bond donors (Lipinski definition) is 0. The van der Waals surface area contributed by atoms with Crippen molar-refractivity contribution in [3.63, 3.8) is 0 Å². The summed E-state index contributed by atoms with van der Waals surface area (Å²) in [6.07, 6.45) is 1.83. The quantitative estimate of drug-likeness (QED) is 0.211. The predicted molar refractivity (Wildman–Crippen MR) is 160 cm³/mol. The lowest BCUT2D eigenvalue weighted by molar-refractivity contribution is 0.306. The number of nitrogens with zero attached hydrogens (tertiary/aromatic N) is 3. The maximum absolute atomic E-state index is 6.15. The summed E-state index contributed by atoms with van der Waals surface area (Å²) in [4.78, 5) is 0. The van der Waals surface area contributed by atoms with Crippen molar-refractivity contribution in [2.24, 2.45) is 0 Å². The van der Waals surface area contributed by atoms with Crippen LogP contribution in [0.3, 0.4) is 0 Å². The lowest BCUT2D eigenvalue weighted by atomic mass is 10.1. The first kappa shape index (κ1) is 23.7. The molecule has 0 fully saturated rings. The molecule has 0 amide bonds. The molecule has 2 aromatic heterocycles. The molecule has 0 aliphatic carbocycles. The number of para-hydroxylation sites is 2. The Morgan fingerprint density at radius 3 is 1.98 bits per heavy atom. The molecule has 0 bridgehead atoms. The summed E-state index contributed by atoms with van der Waals surface area (Å²) in [6, 6.07) is 41.0. The minimum absolute atomic E-state index is 0.443. The van der Waals surface area contributed by atoms with Crippen LogP contribution in [0.5, 0.6) is 5.75 Å². The first-order valence-corrected chi connectivity index (χ1v) is 13.1. The zero-order valence-electron chi connectivity index (χ0n) is 21.7. The molecule has 40 heavy (non-hydrogen) atoms. The Labute approximate surface area is 231 Å². The predicted octanol–water partition coefficient (Wildman–Crippen LogP) is 8.72. The fourth-order valence-corrected chi connectivity index (χ4v) is 5.07. The fourth-order valence-electron chi connectivity index (χ4n) is 5.07. The summed E-state index contributed by atoms with van der Waals surface area (Å²) >= 11 is 0. The molecule has 0 atom stereocenters. The number of aromatic nitrogens is 3. The van der Waals surface area contributed by atoms with Crippen LogP contribution >= 0.6 is 0 Å². The van der Waals surface area contributed by atoms with E-state index >= 15 is 0 Å². The third-order valence-electron chi connectivity index (χ3n) is 7.06. The largest absolute Gasteiger partial charge is 0.489 e. The Morgan fingerprint density at radius 1 is 0.675 bits per heavy atom. The van der Waals surface area contributed by atoms with E-state index in [9.17, 15) is 0 Å². The highest BCUT2D eigenvalue weighted by atomic mass is 16.5. The van der Waals surface area contributed by atoms with E-state index < -0.39 is 0 Å². The molecule has 5 aromatic carbocycles. The van der Waals surface area contributed by atoms with Gasteiger partial charge in [-0.15, -0.1) is 10.2 Å². The molecule has 0 aliphatic rings. The average Bonchev–Trinajstić information content (AvgIpc) is 3.64. The van der Waals surface area contributed by atoms with Crippen LogP contribution in [0.1, 0.15) is 11.1 Å². The van der Waals surface area contributed by atoms with E-state index in [4.69, 9.17) is 9.15 Å². The van der Waals surface area contributed by atoms with Crippen molar-refractivity contribution < 1.29 is 9.15 Å². The highest BCUT2D eigenvalue weighted by molar-refractivity contribution is 6.09. The molecule has 0 saturated heterocycles. The molecule has 7 aromatic rings. The summed E-state index contributed by atoms with van der Waals surface area (Å²) in [6.45, 7) is 4.26. The van der Waals surface area contributed by atoms with Crippen molar-refractivity contribution in [3.8, 4) is 34.3 Å². The van der Waals surface area contributed by atoms with E-state index in [0.717, 1.165) is 44.7 Å². The topological polar surface area (TPSA) is 53.1 Å². The van der Waals surface area contributed by atoms with Gasteiger partial charge < -0.3 is 13.7 Å². The van der Waals surface area contributed by atoms with Gasteiger partial charge in [0.1, 0.15) is 12.4 Å².